The van der Waals surface area contributed by atoms with Gasteiger partial charge < -0.3 is 29.5 Å². The molecule has 0 rings (SSSR count). The van der Waals surface area contributed by atoms with Crippen LogP contribution in [0, 0.1) is 0 Å². The average molecular weight is 703 g/mol. The van der Waals surface area contributed by atoms with Crippen molar-refractivity contribution in [1.29, 1.82) is 0 Å². The van der Waals surface area contributed by atoms with Crippen molar-refractivity contribution in [3.63, 3.8) is 0 Å². The summed E-state index contributed by atoms with van der Waals surface area (Å²) in [5.74, 6) is -1.17. The Balaban J connectivity index is 4.24. The molecule has 0 aliphatic heterocycles. The molecule has 48 heavy (non-hydrogen) atoms. The van der Waals surface area contributed by atoms with Gasteiger partial charge in [-0.05, 0) is 51.4 Å². The lowest BCUT2D eigenvalue weighted by molar-refractivity contribution is -0.161. The van der Waals surface area contributed by atoms with Crippen molar-refractivity contribution in [3.05, 3.63) is 36.5 Å². The SMILES string of the molecule is CCCCC/C=C\C/C=C\C/C=C\CC(O)C(O)CCCC(=O)OC[C@H](COP(=O)(O)O)OC(=O)CCCCCCCCCCCCC. The number of rotatable bonds is 33. The van der Waals surface area contributed by atoms with Gasteiger partial charge in [-0.3, -0.25) is 14.1 Å². The lowest BCUT2D eigenvalue weighted by Gasteiger charge is -2.19. The van der Waals surface area contributed by atoms with Gasteiger partial charge in [-0.15, -0.1) is 0 Å². The van der Waals surface area contributed by atoms with Crippen molar-refractivity contribution in [1.82, 2.24) is 0 Å². The average Bonchev–Trinajstić information content (AvgIpc) is 3.04. The predicted octanol–water partition coefficient (Wildman–Crippen LogP) is 8.56. The molecule has 0 radical (unpaired) electrons. The molecule has 3 atom stereocenters. The number of hydrogen-bond acceptors (Lipinski definition) is 8. The maximum Gasteiger partial charge on any atom is 0.469 e. The van der Waals surface area contributed by atoms with E-state index in [1.54, 1.807) is 0 Å². The largest absolute Gasteiger partial charge is 0.469 e. The van der Waals surface area contributed by atoms with Crippen LogP contribution in [-0.4, -0.2) is 63.5 Å². The molecular formula is C37H67O10P. The second-order valence-electron chi connectivity index (χ2n) is 12.5. The van der Waals surface area contributed by atoms with Crippen molar-refractivity contribution in [2.45, 2.75) is 173 Å². The van der Waals surface area contributed by atoms with Gasteiger partial charge in [0.2, 0.25) is 0 Å². The number of carbonyl (C=O) groups is 2. The van der Waals surface area contributed by atoms with E-state index >= 15 is 0 Å². The number of esters is 2. The number of hydrogen-bond donors (Lipinski definition) is 4. The van der Waals surface area contributed by atoms with E-state index in [1.807, 2.05) is 12.2 Å². The van der Waals surface area contributed by atoms with E-state index < -0.39 is 51.3 Å². The Hall–Kier alpha value is -1.81. The molecule has 0 aromatic heterocycles. The fraction of sp³-hybridized carbons (Fsp3) is 0.784. The van der Waals surface area contributed by atoms with Crippen LogP contribution in [0.3, 0.4) is 0 Å². The molecule has 0 heterocycles. The van der Waals surface area contributed by atoms with Crippen molar-refractivity contribution in [2.24, 2.45) is 0 Å². The van der Waals surface area contributed by atoms with Crippen molar-refractivity contribution in [2.75, 3.05) is 13.2 Å². The molecule has 2 unspecified atom stereocenters. The lowest BCUT2D eigenvalue weighted by atomic mass is 10.0. The molecule has 0 spiro atoms. The van der Waals surface area contributed by atoms with E-state index in [4.69, 9.17) is 19.3 Å². The van der Waals surface area contributed by atoms with E-state index in [2.05, 4.69) is 42.7 Å². The molecule has 10 nitrogen and oxygen atoms in total. The summed E-state index contributed by atoms with van der Waals surface area (Å²) in [6.45, 7) is 3.37. The Morgan fingerprint density at radius 3 is 1.75 bits per heavy atom. The molecule has 0 aliphatic rings. The molecule has 0 amide bonds. The van der Waals surface area contributed by atoms with Crippen LogP contribution >= 0.6 is 7.82 Å². The highest BCUT2D eigenvalue weighted by Gasteiger charge is 2.23. The summed E-state index contributed by atoms with van der Waals surface area (Å²) in [4.78, 5) is 42.7. The number of phosphoric ester groups is 1. The van der Waals surface area contributed by atoms with Gasteiger partial charge in [-0.2, -0.15) is 0 Å². The number of aliphatic hydroxyl groups excluding tert-OH is 2. The summed E-state index contributed by atoms with van der Waals surface area (Å²) in [6.07, 6.45) is 29.1. The standard InChI is InChI=1S/C37H67O10P/c1-3-5-7-9-11-13-15-17-18-20-22-24-27-34(38)35(39)28-26-30-36(40)45-31-33(32-46-48(42,43)44)47-37(41)29-25-23-21-19-16-14-12-10-8-6-4-2/h11,13,17-18,22,24,33-35,38-39H,3-10,12,14-16,19-21,23,25-32H2,1-2H3,(H2,42,43,44)/b13-11-,18-17-,24-22-/t33-,34?,35?/m1/s1. The third-order valence-corrected chi connectivity index (χ3v) is 8.35. The van der Waals surface area contributed by atoms with Gasteiger partial charge in [0.05, 0.1) is 18.8 Å². The van der Waals surface area contributed by atoms with E-state index in [9.17, 15) is 24.4 Å². The quantitative estimate of drug-likeness (QED) is 0.0226. The monoisotopic (exact) mass is 702 g/mol. The smallest absolute Gasteiger partial charge is 0.462 e. The van der Waals surface area contributed by atoms with Gasteiger partial charge in [0.15, 0.2) is 6.10 Å². The molecule has 0 aliphatic carbocycles. The zero-order valence-corrected chi connectivity index (χ0v) is 30.7. The van der Waals surface area contributed by atoms with Gasteiger partial charge in [-0.25, -0.2) is 4.57 Å². The minimum Gasteiger partial charge on any atom is -0.462 e. The number of unbranched alkanes of at least 4 members (excludes halogenated alkanes) is 13. The fourth-order valence-electron chi connectivity index (χ4n) is 4.95. The molecular weight excluding hydrogens is 635 g/mol. The Labute approximate surface area is 290 Å². The van der Waals surface area contributed by atoms with E-state index in [1.165, 1.54) is 64.2 Å². The second-order valence-corrected chi connectivity index (χ2v) is 13.8. The third kappa shape index (κ3) is 32.7. The number of allylic oxidation sites excluding steroid dienone is 5. The van der Waals surface area contributed by atoms with E-state index in [0.29, 0.717) is 12.8 Å². The first-order valence-electron chi connectivity index (χ1n) is 18.4. The summed E-state index contributed by atoms with van der Waals surface area (Å²) in [5, 5.41) is 20.5. The maximum atomic E-state index is 12.3. The fourth-order valence-corrected chi connectivity index (χ4v) is 5.31. The molecule has 0 aromatic rings. The highest BCUT2D eigenvalue weighted by atomic mass is 31.2. The Morgan fingerprint density at radius 1 is 0.625 bits per heavy atom. The zero-order valence-electron chi connectivity index (χ0n) is 29.9. The van der Waals surface area contributed by atoms with Gasteiger partial charge in [0.25, 0.3) is 0 Å². The first kappa shape index (κ1) is 46.2. The lowest BCUT2D eigenvalue weighted by Crippen LogP contribution is -2.29. The molecule has 11 heteroatoms. The maximum absolute atomic E-state index is 12.3. The minimum absolute atomic E-state index is 0.0454. The Bertz CT molecular complexity index is 914. The van der Waals surface area contributed by atoms with Crippen LogP contribution in [0.5, 0.6) is 0 Å². The third-order valence-electron chi connectivity index (χ3n) is 7.86. The molecule has 0 fully saturated rings. The van der Waals surface area contributed by atoms with Gasteiger partial charge in [-0.1, -0.05) is 127 Å². The van der Waals surface area contributed by atoms with Crippen LogP contribution in [0.15, 0.2) is 36.5 Å². The van der Waals surface area contributed by atoms with E-state index in [0.717, 1.165) is 38.5 Å². The highest BCUT2D eigenvalue weighted by molar-refractivity contribution is 7.46. The Kier molecular flexibility index (Phi) is 31.2. The molecule has 0 bridgehead atoms. The van der Waals surface area contributed by atoms with Gasteiger partial charge in [0.1, 0.15) is 6.61 Å². The summed E-state index contributed by atoms with van der Waals surface area (Å²) < 4.78 is 26.1. The topological polar surface area (TPSA) is 160 Å². The van der Waals surface area contributed by atoms with Crippen LogP contribution < -0.4 is 0 Å². The van der Waals surface area contributed by atoms with Gasteiger partial charge in [0, 0.05) is 12.8 Å². The Morgan fingerprint density at radius 2 is 1.15 bits per heavy atom. The van der Waals surface area contributed by atoms with Crippen molar-refractivity contribution >= 4 is 19.8 Å². The minimum atomic E-state index is -4.81. The van der Waals surface area contributed by atoms with Crippen molar-refractivity contribution < 1.29 is 48.2 Å². The van der Waals surface area contributed by atoms with Gasteiger partial charge >= 0.3 is 19.8 Å². The highest BCUT2D eigenvalue weighted by Crippen LogP contribution is 2.36. The van der Waals surface area contributed by atoms with Crippen molar-refractivity contribution in [3.8, 4) is 0 Å². The first-order valence-corrected chi connectivity index (χ1v) is 20.0. The molecule has 4 N–H and O–H groups in total. The zero-order chi connectivity index (χ0) is 35.7. The molecule has 0 saturated heterocycles. The summed E-state index contributed by atoms with van der Waals surface area (Å²) in [6, 6.07) is 0. The second kappa shape index (κ2) is 32.4. The van der Waals surface area contributed by atoms with Crippen LogP contribution in [0.25, 0.3) is 0 Å². The number of carbonyl (C=O) groups excluding carboxylic acids is 2. The van der Waals surface area contributed by atoms with Crippen LogP contribution in [-0.2, 0) is 28.2 Å². The van der Waals surface area contributed by atoms with E-state index in [-0.39, 0.29) is 25.7 Å². The number of ether oxygens (including phenoxy) is 2. The van der Waals surface area contributed by atoms with Crippen LogP contribution in [0.2, 0.25) is 0 Å². The van der Waals surface area contributed by atoms with Crippen LogP contribution in [0.1, 0.15) is 155 Å². The number of aliphatic hydroxyl groups is 2. The summed E-state index contributed by atoms with van der Waals surface area (Å²) in [7, 11) is -4.81. The predicted molar refractivity (Wildman–Crippen MR) is 191 cm³/mol. The molecule has 0 saturated carbocycles. The van der Waals surface area contributed by atoms with Crippen LogP contribution in [0.4, 0.5) is 0 Å². The summed E-state index contributed by atoms with van der Waals surface area (Å²) in [5.41, 5.74) is 0. The molecule has 0 aromatic carbocycles. The normalized spacial score (nSPS) is 14.2. The number of phosphoric acid groups is 1. The molecule has 280 valence electrons. The summed E-state index contributed by atoms with van der Waals surface area (Å²) >= 11 is 0. The first-order chi connectivity index (χ1) is 23.1.